The number of aliphatic hydroxyl groups is 1. The van der Waals surface area contributed by atoms with Gasteiger partial charge in [-0.05, 0) is 38.5 Å². The van der Waals surface area contributed by atoms with Gasteiger partial charge in [0.15, 0.2) is 0 Å². The maximum absolute atomic E-state index is 10.1. The quantitative estimate of drug-likeness (QED) is 0.376. The van der Waals surface area contributed by atoms with Crippen molar-refractivity contribution >= 4 is 79.6 Å². The van der Waals surface area contributed by atoms with Crippen LogP contribution >= 0.6 is 79.6 Å². The van der Waals surface area contributed by atoms with Gasteiger partial charge in [0, 0.05) is 24.1 Å². The molecule has 0 aromatic heterocycles. The normalized spacial score (nSPS) is 45.0. The Kier molecular flexibility index (Phi) is 9.61. The van der Waals surface area contributed by atoms with Crippen LogP contribution in [0.5, 0.6) is 0 Å². The van der Waals surface area contributed by atoms with Crippen LogP contribution < -0.4 is 0 Å². The number of aliphatic hydroxyl groups excluding tert-OH is 1. The molecule has 1 saturated carbocycles. The van der Waals surface area contributed by atoms with E-state index in [-0.39, 0.29) is 10.9 Å². The van der Waals surface area contributed by atoms with Crippen molar-refractivity contribution in [1.82, 2.24) is 0 Å². The average molecular weight is 579 g/mol. The van der Waals surface area contributed by atoms with Crippen LogP contribution in [0, 0.1) is 0 Å². The molecule has 0 amide bonds. The summed E-state index contributed by atoms with van der Waals surface area (Å²) in [5.41, 5.74) is 0. The lowest BCUT2D eigenvalue weighted by Gasteiger charge is -2.26. The molecule has 1 unspecified atom stereocenters. The maximum atomic E-state index is 10.1. The summed E-state index contributed by atoms with van der Waals surface area (Å²) in [6.45, 7) is 0. The minimum atomic E-state index is -0.252. The van der Waals surface area contributed by atoms with Crippen LogP contribution in [-0.2, 0) is 0 Å². The Hall–Kier alpha value is 2.36. The molecule has 0 spiro atoms. The molecular formula is C12H19Br5O. The predicted molar refractivity (Wildman–Crippen MR) is 97.3 cm³/mol. The van der Waals surface area contributed by atoms with Crippen molar-refractivity contribution in [3.05, 3.63) is 0 Å². The fraction of sp³-hybridized carbons (Fsp3) is 1.00. The second-order valence-corrected chi connectivity index (χ2v) is 10.8. The zero-order valence-corrected chi connectivity index (χ0v) is 18.0. The second kappa shape index (κ2) is 9.39. The molecule has 6 atom stereocenters. The van der Waals surface area contributed by atoms with E-state index in [1.165, 1.54) is 0 Å². The van der Waals surface area contributed by atoms with Gasteiger partial charge in [0.1, 0.15) is 0 Å². The van der Waals surface area contributed by atoms with Gasteiger partial charge in [0.2, 0.25) is 0 Å². The molecule has 1 rings (SSSR count). The first-order valence-electron chi connectivity index (χ1n) is 6.30. The van der Waals surface area contributed by atoms with E-state index in [1.807, 2.05) is 0 Å². The summed E-state index contributed by atoms with van der Waals surface area (Å²) in [6.07, 6.45) is 5.98. The molecule has 0 saturated heterocycles. The van der Waals surface area contributed by atoms with Gasteiger partial charge < -0.3 is 5.11 Å². The number of halogens is 5. The van der Waals surface area contributed by atoms with E-state index in [0.29, 0.717) is 19.3 Å². The van der Waals surface area contributed by atoms with E-state index in [0.717, 1.165) is 38.5 Å². The summed E-state index contributed by atoms with van der Waals surface area (Å²) >= 11 is 18.6. The molecule has 6 heteroatoms. The average Bonchev–Trinajstić information content (AvgIpc) is 2.36. The molecule has 1 N–H and O–H groups in total. The van der Waals surface area contributed by atoms with E-state index in [9.17, 15) is 5.11 Å². The van der Waals surface area contributed by atoms with Crippen LogP contribution in [0.15, 0.2) is 0 Å². The van der Waals surface area contributed by atoms with E-state index in [1.54, 1.807) is 0 Å². The van der Waals surface area contributed by atoms with Gasteiger partial charge >= 0.3 is 0 Å². The van der Waals surface area contributed by atoms with E-state index in [2.05, 4.69) is 79.6 Å². The third-order valence-corrected chi connectivity index (χ3v) is 10.2. The van der Waals surface area contributed by atoms with Crippen molar-refractivity contribution in [2.75, 3.05) is 0 Å². The Morgan fingerprint density at radius 1 is 0.500 bits per heavy atom. The highest BCUT2D eigenvalue weighted by molar-refractivity contribution is 9.12. The van der Waals surface area contributed by atoms with Gasteiger partial charge in [-0.1, -0.05) is 79.6 Å². The van der Waals surface area contributed by atoms with Crippen LogP contribution in [0.2, 0.25) is 0 Å². The Morgan fingerprint density at radius 3 is 1.17 bits per heavy atom. The molecule has 18 heavy (non-hydrogen) atoms. The molecule has 1 nitrogen and oxygen atoms in total. The Bertz CT molecular complexity index is 178. The predicted octanol–water partition coefficient (Wildman–Crippen LogP) is 5.52. The Balaban J connectivity index is 2.61. The highest BCUT2D eigenvalue weighted by Crippen LogP contribution is 2.32. The summed E-state index contributed by atoms with van der Waals surface area (Å²) in [5, 5.41) is 10.1. The van der Waals surface area contributed by atoms with Crippen LogP contribution in [0.1, 0.15) is 38.5 Å². The Labute approximate surface area is 152 Å². The summed E-state index contributed by atoms with van der Waals surface area (Å²) in [4.78, 5) is 2.06. The monoisotopic (exact) mass is 574 g/mol. The van der Waals surface area contributed by atoms with Gasteiger partial charge in [0.05, 0.1) is 6.10 Å². The molecule has 0 bridgehead atoms. The molecule has 0 aromatic rings. The zero-order valence-electron chi connectivity index (χ0n) is 10.0. The summed E-state index contributed by atoms with van der Waals surface area (Å²) in [6, 6.07) is 0. The van der Waals surface area contributed by atoms with Crippen molar-refractivity contribution in [1.29, 1.82) is 0 Å². The van der Waals surface area contributed by atoms with Gasteiger partial charge in [-0.2, -0.15) is 0 Å². The molecular weight excluding hydrogens is 560 g/mol. The number of hydrogen-bond donors (Lipinski definition) is 1. The molecule has 0 aromatic carbocycles. The highest BCUT2D eigenvalue weighted by atomic mass is 79.9. The first-order valence-corrected chi connectivity index (χ1v) is 10.9. The number of alkyl halides is 5. The summed E-state index contributed by atoms with van der Waals surface area (Å²) in [5.74, 6) is 0. The first kappa shape index (κ1) is 18.4. The minimum absolute atomic E-state index is 0.199. The summed E-state index contributed by atoms with van der Waals surface area (Å²) < 4.78 is 0. The first-order chi connectivity index (χ1) is 8.41. The lowest BCUT2D eigenvalue weighted by Crippen LogP contribution is -2.27. The van der Waals surface area contributed by atoms with E-state index < -0.39 is 0 Å². The molecule has 0 radical (unpaired) electrons. The van der Waals surface area contributed by atoms with E-state index in [4.69, 9.17) is 0 Å². The van der Waals surface area contributed by atoms with Crippen molar-refractivity contribution in [3.63, 3.8) is 0 Å². The van der Waals surface area contributed by atoms with Crippen LogP contribution in [0.4, 0.5) is 0 Å². The molecule has 0 heterocycles. The van der Waals surface area contributed by atoms with Crippen LogP contribution in [-0.4, -0.2) is 35.3 Å². The van der Waals surface area contributed by atoms with Crippen LogP contribution in [0.25, 0.3) is 0 Å². The highest BCUT2D eigenvalue weighted by Gasteiger charge is 2.25. The standard InChI is InChI=1S/C12H19Br5O/c13-7-1-2-8(14)10(16)5-6-12(18)11(17)4-3-9(7)15/h7-12,18H,1-6H2/t7-,8-,9+,10+,11+,12?/m0/s1. The lowest BCUT2D eigenvalue weighted by atomic mass is 9.99. The third-order valence-electron chi connectivity index (χ3n) is 3.38. The van der Waals surface area contributed by atoms with Gasteiger partial charge in [-0.15, -0.1) is 0 Å². The molecule has 108 valence electrons. The van der Waals surface area contributed by atoms with E-state index >= 15 is 0 Å². The minimum Gasteiger partial charge on any atom is -0.392 e. The third kappa shape index (κ3) is 6.42. The topological polar surface area (TPSA) is 20.2 Å². The molecule has 1 fully saturated rings. The Morgan fingerprint density at radius 2 is 0.778 bits per heavy atom. The molecule has 0 aliphatic heterocycles. The molecule has 1 aliphatic rings. The van der Waals surface area contributed by atoms with Crippen molar-refractivity contribution in [2.24, 2.45) is 0 Å². The lowest BCUT2D eigenvalue weighted by molar-refractivity contribution is 0.156. The molecule has 1 aliphatic carbocycles. The van der Waals surface area contributed by atoms with Gasteiger partial charge in [0.25, 0.3) is 0 Å². The van der Waals surface area contributed by atoms with Gasteiger partial charge in [-0.25, -0.2) is 0 Å². The number of hydrogen-bond acceptors (Lipinski definition) is 1. The maximum Gasteiger partial charge on any atom is 0.0665 e. The van der Waals surface area contributed by atoms with Crippen molar-refractivity contribution < 1.29 is 5.11 Å². The fourth-order valence-electron chi connectivity index (χ4n) is 2.06. The van der Waals surface area contributed by atoms with Crippen molar-refractivity contribution in [3.8, 4) is 0 Å². The summed E-state index contributed by atoms with van der Waals surface area (Å²) in [7, 11) is 0. The second-order valence-electron chi connectivity index (χ2n) is 4.88. The smallest absolute Gasteiger partial charge is 0.0665 e. The SMILES string of the molecule is OC1CC[C@@H](Br)[C@@H](Br)CC[C@H](Br)[C@H](Br)CC[C@H]1Br. The fourth-order valence-corrected chi connectivity index (χ4v) is 4.71. The zero-order chi connectivity index (χ0) is 13.7. The van der Waals surface area contributed by atoms with Crippen molar-refractivity contribution in [2.45, 2.75) is 68.8 Å². The largest absolute Gasteiger partial charge is 0.392 e. The van der Waals surface area contributed by atoms with Crippen LogP contribution in [0.3, 0.4) is 0 Å². The number of rotatable bonds is 0. The van der Waals surface area contributed by atoms with Gasteiger partial charge in [-0.3, -0.25) is 0 Å².